The van der Waals surface area contributed by atoms with E-state index in [0.29, 0.717) is 0 Å². The van der Waals surface area contributed by atoms with E-state index >= 15 is 0 Å². The van der Waals surface area contributed by atoms with Crippen LogP contribution in [0.2, 0.25) is 0 Å². The highest BCUT2D eigenvalue weighted by Crippen LogP contribution is 2.09. The lowest BCUT2D eigenvalue weighted by molar-refractivity contribution is 0.246. The Kier molecular flexibility index (Phi) is 0.569. The zero-order valence-electron chi connectivity index (χ0n) is 3.14. The first-order valence-corrected chi connectivity index (χ1v) is 1.70. The zero-order valence-corrected chi connectivity index (χ0v) is 3.14. The van der Waals surface area contributed by atoms with Crippen molar-refractivity contribution < 1.29 is 9.84 Å². The molecular formula is C3H5NO2. The number of nitrogens with one attached hydrogen (secondary N) is 1. The summed E-state index contributed by atoms with van der Waals surface area (Å²) in [4.78, 5) is 0. The summed E-state index contributed by atoms with van der Waals surface area (Å²) >= 11 is 0. The lowest BCUT2D eigenvalue weighted by Crippen LogP contribution is -1.91. The van der Waals surface area contributed by atoms with Crippen molar-refractivity contribution in [2.75, 3.05) is 6.61 Å². The van der Waals surface area contributed by atoms with Crippen molar-refractivity contribution in [2.45, 2.75) is 6.10 Å². The van der Waals surface area contributed by atoms with Gasteiger partial charge in [-0.2, -0.15) is 0 Å². The van der Waals surface area contributed by atoms with Crippen molar-refractivity contribution in [3.63, 3.8) is 0 Å². The Morgan fingerprint density at radius 2 is 2.50 bits per heavy atom. The predicted octanol–water partition coefficient (Wildman–Crippen LogP) is -0.645. The molecule has 1 saturated heterocycles. The molecule has 1 heterocycles. The molecule has 3 nitrogen and oxygen atoms in total. The lowest BCUT2D eigenvalue weighted by Gasteiger charge is -1.68. The molecule has 6 heavy (non-hydrogen) atoms. The molecule has 0 aliphatic carbocycles. The molecule has 0 saturated carbocycles. The second-order valence-corrected chi connectivity index (χ2v) is 1.15. The van der Waals surface area contributed by atoms with Crippen LogP contribution in [0.4, 0.5) is 0 Å². The fourth-order valence-electron chi connectivity index (χ4n) is 0.239. The summed E-state index contributed by atoms with van der Waals surface area (Å²) in [6.45, 7) is -0.0428. The van der Waals surface area contributed by atoms with Crippen molar-refractivity contribution in [3.05, 3.63) is 0 Å². The van der Waals surface area contributed by atoms with Gasteiger partial charge in [-0.1, -0.05) is 0 Å². The molecule has 0 bridgehead atoms. The van der Waals surface area contributed by atoms with E-state index in [1.165, 1.54) is 0 Å². The van der Waals surface area contributed by atoms with Gasteiger partial charge >= 0.3 is 0 Å². The largest absolute Gasteiger partial charge is 0.463 e. The lowest BCUT2D eigenvalue weighted by atomic mass is 10.5. The summed E-state index contributed by atoms with van der Waals surface area (Å²) in [5.74, 6) is 0.206. The van der Waals surface area contributed by atoms with E-state index in [9.17, 15) is 0 Å². The highest BCUT2D eigenvalue weighted by Gasteiger charge is 2.31. The molecule has 34 valence electrons. The van der Waals surface area contributed by atoms with E-state index < -0.39 is 0 Å². The van der Waals surface area contributed by atoms with Gasteiger partial charge in [-0.3, -0.25) is 5.41 Å². The average molecular weight is 87.1 g/mol. The fourth-order valence-corrected chi connectivity index (χ4v) is 0.239. The Bertz CT molecular complexity index is 80.9. The van der Waals surface area contributed by atoms with E-state index in [0.717, 1.165) is 0 Å². The molecule has 0 aromatic heterocycles. The van der Waals surface area contributed by atoms with Gasteiger partial charge in [0.2, 0.25) is 5.90 Å². The highest BCUT2D eigenvalue weighted by molar-refractivity contribution is 5.89. The van der Waals surface area contributed by atoms with Crippen LogP contribution in [0.5, 0.6) is 0 Å². The van der Waals surface area contributed by atoms with Gasteiger partial charge in [0, 0.05) is 0 Å². The molecular weight excluding hydrogens is 82.0 g/mol. The van der Waals surface area contributed by atoms with Gasteiger partial charge in [0.05, 0.1) is 6.61 Å². The maximum Gasteiger partial charge on any atom is 0.226 e. The number of hydrogen-bond acceptors (Lipinski definition) is 3. The van der Waals surface area contributed by atoms with Crippen LogP contribution in [-0.2, 0) is 4.74 Å². The van der Waals surface area contributed by atoms with E-state index in [1.807, 2.05) is 0 Å². The van der Waals surface area contributed by atoms with E-state index in [1.54, 1.807) is 0 Å². The number of epoxide rings is 1. The summed E-state index contributed by atoms with van der Waals surface area (Å²) in [7, 11) is 0. The Labute approximate surface area is 35.1 Å². The molecule has 1 unspecified atom stereocenters. The zero-order chi connectivity index (χ0) is 4.57. The fraction of sp³-hybridized carbons (Fsp3) is 0.667. The average Bonchev–Trinajstić information content (AvgIpc) is 2.19. The van der Waals surface area contributed by atoms with Crippen LogP contribution in [0.3, 0.4) is 0 Å². The quantitative estimate of drug-likeness (QED) is 0.418. The SMILES string of the molecule is N=C1OC1CO. The Hall–Kier alpha value is -0.570. The van der Waals surface area contributed by atoms with E-state index in [-0.39, 0.29) is 18.6 Å². The van der Waals surface area contributed by atoms with Crippen LogP contribution in [0.1, 0.15) is 0 Å². The van der Waals surface area contributed by atoms with Gasteiger partial charge < -0.3 is 9.84 Å². The molecule has 1 rings (SSSR count). The topological polar surface area (TPSA) is 56.6 Å². The summed E-state index contributed by atoms with van der Waals surface area (Å²) in [5, 5.41) is 14.7. The van der Waals surface area contributed by atoms with Gasteiger partial charge in [-0.15, -0.1) is 0 Å². The minimum Gasteiger partial charge on any atom is -0.463 e. The molecule has 1 fully saturated rings. The van der Waals surface area contributed by atoms with Crippen LogP contribution in [0.15, 0.2) is 0 Å². The molecule has 0 aromatic rings. The third-order valence-corrected chi connectivity index (χ3v) is 0.670. The van der Waals surface area contributed by atoms with Crippen LogP contribution >= 0.6 is 0 Å². The first-order chi connectivity index (χ1) is 2.84. The Morgan fingerprint density at radius 3 is 2.50 bits per heavy atom. The molecule has 1 aliphatic heterocycles. The van der Waals surface area contributed by atoms with Gasteiger partial charge in [0.25, 0.3) is 0 Å². The van der Waals surface area contributed by atoms with E-state index in [2.05, 4.69) is 4.74 Å². The third kappa shape index (κ3) is 0.367. The summed E-state index contributed by atoms with van der Waals surface area (Å²) in [6.07, 6.45) is -0.259. The Morgan fingerprint density at radius 1 is 2.00 bits per heavy atom. The molecule has 0 spiro atoms. The van der Waals surface area contributed by atoms with Crippen molar-refractivity contribution in [1.29, 1.82) is 5.41 Å². The van der Waals surface area contributed by atoms with Crippen LogP contribution in [-0.4, -0.2) is 23.7 Å². The minimum atomic E-state index is -0.259. The molecule has 0 aromatic carbocycles. The van der Waals surface area contributed by atoms with Gasteiger partial charge in [-0.25, -0.2) is 0 Å². The van der Waals surface area contributed by atoms with Crippen molar-refractivity contribution in [3.8, 4) is 0 Å². The normalized spacial score (nSPS) is 29.5. The first-order valence-electron chi connectivity index (χ1n) is 1.70. The van der Waals surface area contributed by atoms with Crippen molar-refractivity contribution >= 4 is 5.90 Å². The summed E-state index contributed by atoms with van der Waals surface area (Å²) < 4.78 is 4.40. The van der Waals surface area contributed by atoms with Gasteiger partial charge in [0.15, 0.2) is 6.10 Å². The second kappa shape index (κ2) is 0.944. The van der Waals surface area contributed by atoms with Crippen LogP contribution in [0, 0.1) is 5.41 Å². The van der Waals surface area contributed by atoms with Gasteiger partial charge in [-0.05, 0) is 0 Å². The highest BCUT2D eigenvalue weighted by atomic mass is 16.6. The van der Waals surface area contributed by atoms with Gasteiger partial charge in [0.1, 0.15) is 0 Å². The number of hydrogen-bond donors (Lipinski definition) is 2. The predicted molar refractivity (Wildman–Crippen MR) is 19.7 cm³/mol. The number of aliphatic hydroxyl groups excluding tert-OH is 1. The van der Waals surface area contributed by atoms with Crippen molar-refractivity contribution in [1.82, 2.24) is 0 Å². The van der Waals surface area contributed by atoms with E-state index in [4.69, 9.17) is 10.5 Å². The first kappa shape index (κ1) is 3.61. The number of ether oxygens (including phenoxy) is 1. The number of rotatable bonds is 1. The maximum absolute atomic E-state index is 8.11. The van der Waals surface area contributed by atoms with Crippen molar-refractivity contribution in [2.24, 2.45) is 0 Å². The molecule has 2 N–H and O–H groups in total. The standard InChI is InChI=1S/C3H5NO2/c4-3-2(1-5)6-3/h2,4-5H,1H2. The summed E-state index contributed by atoms with van der Waals surface area (Å²) in [6, 6.07) is 0. The molecule has 3 heteroatoms. The summed E-state index contributed by atoms with van der Waals surface area (Å²) in [5.41, 5.74) is 0. The molecule has 1 atom stereocenters. The van der Waals surface area contributed by atoms with Crippen LogP contribution in [0.25, 0.3) is 0 Å². The second-order valence-electron chi connectivity index (χ2n) is 1.15. The third-order valence-electron chi connectivity index (χ3n) is 0.670. The Balaban J connectivity index is 2.26. The van der Waals surface area contributed by atoms with Crippen LogP contribution < -0.4 is 0 Å². The smallest absolute Gasteiger partial charge is 0.226 e. The molecule has 1 aliphatic rings. The number of aliphatic hydroxyl groups is 1. The maximum atomic E-state index is 8.11. The monoisotopic (exact) mass is 87.0 g/mol. The molecule has 0 amide bonds. The molecule has 0 radical (unpaired) electrons. The minimum absolute atomic E-state index is 0.0428.